The van der Waals surface area contributed by atoms with Crippen molar-refractivity contribution in [3.05, 3.63) is 54.4 Å². The van der Waals surface area contributed by atoms with Crippen LogP contribution >= 0.6 is 0 Å². The first-order valence-corrected chi connectivity index (χ1v) is 10.1. The number of amides is 1. The summed E-state index contributed by atoms with van der Waals surface area (Å²) in [7, 11) is 5.83. The van der Waals surface area contributed by atoms with Crippen LogP contribution in [0.5, 0.6) is 5.75 Å². The Morgan fingerprint density at radius 1 is 1.14 bits per heavy atom. The molecular weight excluding hydrogens is 364 g/mol. The lowest BCUT2D eigenvalue weighted by Gasteiger charge is -2.18. The molecule has 2 heterocycles. The minimum Gasteiger partial charge on any atom is -0.497 e. The van der Waals surface area contributed by atoms with Crippen LogP contribution in [-0.2, 0) is 11.3 Å². The molecule has 2 aromatic carbocycles. The molecule has 0 aliphatic carbocycles. The molecule has 1 aromatic heterocycles. The Labute approximate surface area is 171 Å². The number of rotatable bonds is 7. The van der Waals surface area contributed by atoms with Gasteiger partial charge < -0.3 is 19.1 Å². The van der Waals surface area contributed by atoms with E-state index in [4.69, 9.17) is 9.72 Å². The molecule has 4 rings (SSSR count). The number of hydrogen-bond acceptors (Lipinski definition) is 4. The second kappa shape index (κ2) is 8.25. The Kier molecular flexibility index (Phi) is 5.53. The third kappa shape index (κ3) is 3.98. The van der Waals surface area contributed by atoms with Crippen molar-refractivity contribution in [3.8, 4) is 5.75 Å². The van der Waals surface area contributed by atoms with Crippen LogP contribution < -0.4 is 9.64 Å². The van der Waals surface area contributed by atoms with Crippen molar-refractivity contribution in [2.75, 3.05) is 39.2 Å². The van der Waals surface area contributed by atoms with Gasteiger partial charge in [0.1, 0.15) is 11.6 Å². The molecule has 0 N–H and O–H groups in total. The van der Waals surface area contributed by atoms with Crippen LogP contribution in [-0.4, -0.2) is 54.7 Å². The molecule has 0 bridgehead atoms. The average Bonchev–Trinajstić information content (AvgIpc) is 3.28. The highest BCUT2D eigenvalue weighted by molar-refractivity contribution is 5.96. The summed E-state index contributed by atoms with van der Waals surface area (Å²) in [5.41, 5.74) is 3.06. The van der Waals surface area contributed by atoms with Crippen molar-refractivity contribution in [3.63, 3.8) is 0 Å². The summed E-state index contributed by atoms with van der Waals surface area (Å²) < 4.78 is 7.55. The molecule has 152 valence electrons. The lowest BCUT2D eigenvalue weighted by Crippen LogP contribution is -2.24. The van der Waals surface area contributed by atoms with Gasteiger partial charge in [-0.2, -0.15) is 0 Å². The molecule has 3 aromatic rings. The number of methoxy groups -OCH3 is 1. The molecule has 1 unspecified atom stereocenters. The predicted molar refractivity (Wildman–Crippen MR) is 116 cm³/mol. The van der Waals surface area contributed by atoms with E-state index in [0.717, 1.165) is 47.8 Å². The van der Waals surface area contributed by atoms with Crippen LogP contribution in [0.15, 0.2) is 48.5 Å². The van der Waals surface area contributed by atoms with Gasteiger partial charge >= 0.3 is 0 Å². The largest absolute Gasteiger partial charge is 0.497 e. The Hall–Kier alpha value is -2.86. The van der Waals surface area contributed by atoms with Gasteiger partial charge in [-0.1, -0.05) is 12.1 Å². The van der Waals surface area contributed by atoms with Gasteiger partial charge in [0.15, 0.2) is 0 Å². The number of aryl methyl sites for hydroxylation is 1. The van der Waals surface area contributed by atoms with Crippen molar-refractivity contribution in [2.45, 2.75) is 25.3 Å². The zero-order valence-electron chi connectivity index (χ0n) is 17.3. The van der Waals surface area contributed by atoms with Crippen LogP contribution in [0.3, 0.4) is 0 Å². The monoisotopic (exact) mass is 392 g/mol. The number of imidazole rings is 1. The van der Waals surface area contributed by atoms with Crippen molar-refractivity contribution < 1.29 is 9.53 Å². The fraction of sp³-hybridized carbons (Fsp3) is 0.391. The number of benzene rings is 2. The summed E-state index contributed by atoms with van der Waals surface area (Å²) >= 11 is 0. The van der Waals surface area contributed by atoms with Gasteiger partial charge in [-0.3, -0.25) is 4.79 Å². The van der Waals surface area contributed by atoms with E-state index < -0.39 is 0 Å². The maximum Gasteiger partial charge on any atom is 0.227 e. The molecule has 0 radical (unpaired) electrons. The minimum atomic E-state index is 0.0938. The van der Waals surface area contributed by atoms with E-state index in [2.05, 4.69) is 41.8 Å². The van der Waals surface area contributed by atoms with Crippen molar-refractivity contribution in [1.29, 1.82) is 0 Å². The average molecular weight is 393 g/mol. The quantitative estimate of drug-likeness (QED) is 0.617. The highest BCUT2D eigenvalue weighted by Crippen LogP contribution is 2.33. The predicted octanol–water partition coefficient (Wildman–Crippen LogP) is 3.52. The highest BCUT2D eigenvalue weighted by atomic mass is 16.5. The first-order chi connectivity index (χ1) is 14.1. The first kappa shape index (κ1) is 19.5. The normalized spacial score (nSPS) is 16.9. The third-order valence-corrected chi connectivity index (χ3v) is 5.55. The second-order valence-corrected chi connectivity index (χ2v) is 7.87. The van der Waals surface area contributed by atoms with Gasteiger partial charge in [0.25, 0.3) is 0 Å². The summed E-state index contributed by atoms with van der Waals surface area (Å²) in [6, 6.07) is 15.9. The van der Waals surface area contributed by atoms with Gasteiger partial charge in [0.2, 0.25) is 5.91 Å². The summed E-state index contributed by atoms with van der Waals surface area (Å²) in [5.74, 6) is 2.05. The Morgan fingerprint density at radius 2 is 1.90 bits per heavy atom. The number of carbonyl (C=O) groups is 1. The smallest absolute Gasteiger partial charge is 0.227 e. The SMILES string of the molecule is COc1ccc(N2CC(c3nc4ccccc4n3CCCN(C)C)CC2=O)cc1. The molecule has 0 saturated carbocycles. The van der Waals surface area contributed by atoms with Crippen molar-refractivity contribution in [1.82, 2.24) is 14.5 Å². The number of hydrogen-bond donors (Lipinski definition) is 0. The highest BCUT2D eigenvalue weighted by Gasteiger charge is 2.34. The third-order valence-electron chi connectivity index (χ3n) is 5.55. The first-order valence-electron chi connectivity index (χ1n) is 10.1. The summed E-state index contributed by atoms with van der Waals surface area (Å²) in [4.78, 5) is 21.8. The molecule has 6 nitrogen and oxygen atoms in total. The zero-order chi connectivity index (χ0) is 20.4. The van der Waals surface area contributed by atoms with E-state index in [1.165, 1.54) is 0 Å². The van der Waals surface area contributed by atoms with Gasteiger partial charge in [0.05, 0.1) is 18.1 Å². The maximum atomic E-state index is 12.8. The Balaban J connectivity index is 1.61. The van der Waals surface area contributed by atoms with Crippen LogP contribution in [0.2, 0.25) is 0 Å². The van der Waals surface area contributed by atoms with E-state index in [9.17, 15) is 4.79 Å². The molecule has 1 aliphatic rings. The van der Waals surface area contributed by atoms with E-state index in [1.807, 2.05) is 35.2 Å². The van der Waals surface area contributed by atoms with E-state index in [1.54, 1.807) is 7.11 Å². The lowest BCUT2D eigenvalue weighted by atomic mass is 10.1. The number of fused-ring (bicyclic) bond motifs is 1. The number of para-hydroxylation sites is 2. The van der Waals surface area contributed by atoms with Gasteiger partial charge in [-0.25, -0.2) is 4.98 Å². The van der Waals surface area contributed by atoms with Crippen LogP contribution in [0.4, 0.5) is 5.69 Å². The van der Waals surface area contributed by atoms with E-state index in [0.29, 0.717) is 13.0 Å². The molecule has 1 fully saturated rings. The Morgan fingerprint density at radius 3 is 2.62 bits per heavy atom. The Bertz CT molecular complexity index is 994. The van der Waals surface area contributed by atoms with Crippen LogP contribution in [0.25, 0.3) is 11.0 Å². The molecule has 0 spiro atoms. The summed E-state index contributed by atoms with van der Waals surface area (Å²) in [5, 5.41) is 0. The lowest BCUT2D eigenvalue weighted by molar-refractivity contribution is -0.117. The number of anilines is 1. The molecule has 1 atom stereocenters. The van der Waals surface area contributed by atoms with Crippen LogP contribution in [0.1, 0.15) is 24.6 Å². The summed E-state index contributed by atoms with van der Waals surface area (Å²) in [6.45, 7) is 2.58. The van der Waals surface area contributed by atoms with Gasteiger partial charge in [-0.15, -0.1) is 0 Å². The molecule has 29 heavy (non-hydrogen) atoms. The second-order valence-electron chi connectivity index (χ2n) is 7.87. The number of aromatic nitrogens is 2. The number of ether oxygens (including phenoxy) is 1. The van der Waals surface area contributed by atoms with Crippen molar-refractivity contribution >= 4 is 22.6 Å². The van der Waals surface area contributed by atoms with Gasteiger partial charge in [-0.05, 0) is 63.5 Å². The fourth-order valence-corrected chi connectivity index (χ4v) is 4.08. The van der Waals surface area contributed by atoms with Crippen LogP contribution in [0, 0.1) is 0 Å². The topological polar surface area (TPSA) is 50.6 Å². The number of nitrogens with zero attached hydrogens (tertiary/aromatic N) is 4. The maximum absolute atomic E-state index is 12.8. The number of carbonyl (C=O) groups excluding carboxylic acids is 1. The fourth-order valence-electron chi connectivity index (χ4n) is 4.08. The molecular formula is C23H28N4O2. The molecule has 6 heteroatoms. The molecule has 1 saturated heterocycles. The minimum absolute atomic E-state index is 0.0938. The molecule has 1 aliphatic heterocycles. The summed E-state index contributed by atoms with van der Waals surface area (Å²) in [6.07, 6.45) is 1.53. The standard InChI is InChI=1S/C23H28N4O2/c1-25(2)13-6-14-26-21-8-5-4-7-20(21)24-23(26)17-15-22(28)27(16-17)18-9-11-19(29-3)12-10-18/h4-5,7-12,17H,6,13-16H2,1-3H3. The van der Waals surface area contributed by atoms with Crippen molar-refractivity contribution in [2.24, 2.45) is 0 Å². The van der Waals surface area contributed by atoms with E-state index in [-0.39, 0.29) is 11.8 Å². The van der Waals surface area contributed by atoms with Gasteiger partial charge in [0, 0.05) is 31.1 Å². The molecule has 1 amide bonds. The van der Waals surface area contributed by atoms with E-state index >= 15 is 0 Å². The zero-order valence-corrected chi connectivity index (χ0v) is 17.3.